The van der Waals surface area contributed by atoms with Crippen molar-refractivity contribution >= 4 is 40.9 Å². The van der Waals surface area contributed by atoms with Crippen molar-refractivity contribution in [2.24, 2.45) is 0 Å². The van der Waals surface area contributed by atoms with Crippen molar-refractivity contribution in [3.8, 4) is 5.75 Å². The molecule has 140 valence electrons. The van der Waals surface area contributed by atoms with Crippen LogP contribution in [-0.4, -0.2) is 24.3 Å². The quantitative estimate of drug-likeness (QED) is 0.563. The Hall–Kier alpha value is -1.36. The molecule has 0 saturated heterocycles. The lowest BCUT2D eigenvalue weighted by atomic mass is 10.1. The highest BCUT2D eigenvalue weighted by molar-refractivity contribution is 7.98. The van der Waals surface area contributed by atoms with Crippen LogP contribution >= 0.6 is 35.0 Å². The Morgan fingerprint density at radius 3 is 2.69 bits per heavy atom. The van der Waals surface area contributed by atoms with Crippen molar-refractivity contribution in [2.45, 2.75) is 32.1 Å². The summed E-state index contributed by atoms with van der Waals surface area (Å²) >= 11 is 13.6. The molecule has 0 aliphatic rings. The third-order valence-electron chi connectivity index (χ3n) is 3.82. The lowest BCUT2D eigenvalue weighted by Gasteiger charge is -2.16. The minimum Gasteiger partial charge on any atom is -0.481 e. The van der Waals surface area contributed by atoms with E-state index < -0.39 is 6.10 Å². The first-order chi connectivity index (χ1) is 12.5. The summed E-state index contributed by atoms with van der Waals surface area (Å²) in [6, 6.07) is 13.4. The van der Waals surface area contributed by atoms with Crippen molar-refractivity contribution in [2.75, 3.05) is 12.3 Å². The van der Waals surface area contributed by atoms with Gasteiger partial charge in [0, 0.05) is 18.1 Å². The third-order valence-corrected chi connectivity index (χ3v) is 5.59. The normalized spacial score (nSPS) is 11.8. The van der Waals surface area contributed by atoms with Crippen LogP contribution < -0.4 is 10.1 Å². The van der Waals surface area contributed by atoms with Gasteiger partial charge in [0.15, 0.2) is 6.10 Å². The molecule has 0 fully saturated rings. The lowest BCUT2D eigenvalue weighted by molar-refractivity contribution is -0.127. The summed E-state index contributed by atoms with van der Waals surface area (Å²) in [4.78, 5) is 12.2. The van der Waals surface area contributed by atoms with Gasteiger partial charge in [-0.1, -0.05) is 54.4 Å². The largest absolute Gasteiger partial charge is 0.481 e. The molecule has 0 bridgehead atoms. The number of para-hydroxylation sites is 1. The fraction of sp³-hybridized carbons (Fsp3) is 0.350. The molecule has 0 radical (unpaired) electrons. The van der Waals surface area contributed by atoms with Crippen LogP contribution in [0.1, 0.15) is 25.0 Å². The van der Waals surface area contributed by atoms with Gasteiger partial charge >= 0.3 is 0 Å². The lowest BCUT2D eigenvalue weighted by Crippen LogP contribution is -2.37. The van der Waals surface area contributed by atoms with Crippen molar-refractivity contribution in [1.82, 2.24) is 5.32 Å². The number of halogens is 2. The highest BCUT2D eigenvalue weighted by Crippen LogP contribution is 2.24. The van der Waals surface area contributed by atoms with Gasteiger partial charge in [0.05, 0.1) is 10.0 Å². The van der Waals surface area contributed by atoms with E-state index in [1.54, 1.807) is 24.8 Å². The molecular weight excluding hydrogens is 389 g/mol. The van der Waals surface area contributed by atoms with E-state index in [2.05, 4.69) is 12.2 Å². The number of thioether (sulfide) groups is 1. The Balaban J connectivity index is 1.70. The van der Waals surface area contributed by atoms with E-state index in [0.29, 0.717) is 16.6 Å². The van der Waals surface area contributed by atoms with E-state index in [-0.39, 0.29) is 5.91 Å². The number of hydrogen-bond acceptors (Lipinski definition) is 3. The Bertz CT molecular complexity index is 740. The van der Waals surface area contributed by atoms with Gasteiger partial charge in [0.1, 0.15) is 5.75 Å². The van der Waals surface area contributed by atoms with Crippen LogP contribution in [-0.2, 0) is 17.0 Å². The first-order valence-corrected chi connectivity index (χ1v) is 10.5. The minimum atomic E-state index is -0.525. The van der Waals surface area contributed by atoms with Gasteiger partial charge in [-0.2, -0.15) is 11.8 Å². The maximum Gasteiger partial charge on any atom is 0.260 e. The van der Waals surface area contributed by atoms with Crippen molar-refractivity contribution in [1.29, 1.82) is 0 Å². The van der Waals surface area contributed by atoms with Crippen molar-refractivity contribution in [3.63, 3.8) is 0 Å². The molecule has 0 aromatic heterocycles. The number of carbonyl (C=O) groups excluding carboxylic acids is 1. The van der Waals surface area contributed by atoms with E-state index in [4.69, 9.17) is 27.9 Å². The van der Waals surface area contributed by atoms with Gasteiger partial charge in [0.25, 0.3) is 5.91 Å². The van der Waals surface area contributed by atoms with Crippen LogP contribution in [0.2, 0.25) is 10.0 Å². The second-order valence-electron chi connectivity index (χ2n) is 5.81. The number of amides is 1. The van der Waals surface area contributed by atoms with Crippen LogP contribution in [0.5, 0.6) is 5.75 Å². The maximum atomic E-state index is 12.2. The van der Waals surface area contributed by atoms with Crippen molar-refractivity contribution in [3.05, 3.63) is 63.6 Å². The zero-order valence-corrected chi connectivity index (χ0v) is 17.3. The number of rotatable bonds is 9. The molecule has 1 unspecified atom stereocenters. The van der Waals surface area contributed by atoms with Gasteiger partial charge in [0.2, 0.25) is 0 Å². The summed E-state index contributed by atoms with van der Waals surface area (Å²) in [6.07, 6.45) is 0.346. The fourth-order valence-corrected chi connectivity index (χ4v) is 3.49. The molecule has 0 aliphatic heterocycles. The molecule has 2 rings (SSSR count). The van der Waals surface area contributed by atoms with Crippen LogP contribution in [0.15, 0.2) is 42.5 Å². The smallest absolute Gasteiger partial charge is 0.260 e. The summed E-state index contributed by atoms with van der Waals surface area (Å²) < 4.78 is 5.80. The maximum absolute atomic E-state index is 12.2. The Kier molecular flexibility index (Phi) is 8.63. The number of aryl methyl sites for hydroxylation is 1. The summed E-state index contributed by atoms with van der Waals surface area (Å²) in [5.74, 6) is 2.30. The minimum absolute atomic E-state index is 0.106. The molecule has 26 heavy (non-hydrogen) atoms. The van der Waals surface area contributed by atoms with E-state index in [9.17, 15) is 4.79 Å². The van der Waals surface area contributed by atoms with Gasteiger partial charge in [-0.25, -0.2) is 0 Å². The molecule has 2 aromatic carbocycles. The average Bonchev–Trinajstić information content (AvgIpc) is 2.64. The van der Waals surface area contributed by atoms with E-state index in [0.717, 1.165) is 34.8 Å². The number of carbonyl (C=O) groups is 1. The number of benzene rings is 2. The van der Waals surface area contributed by atoms with Gasteiger partial charge in [-0.05, 0) is 42.7 Å². The highest BCUT2D eigenvalue weighted by atomic mass is 35.5. The predicted octanol–water partition coefficient (Wildman–Crippen LogP) is 5.37. The average molecular weight is 412 g/mol. The SMILES string of the molecule is CCc1ccccc1OC(C)C(=O)NCCSCc1ccc(Cl)c(Cl)c1. The molecule has 6 heteroatoms. The number of nitrogens with one attached hydrogen (secondary N) is 1. The Morgan fingerprint density at radius 1 is 1.19 bits per heavy atom. The van der Waals surface area contributed by atoms with Crippen LogP contribution in [0, 0.1) is 0 Å². The second kappa shape index (κ2) is 10.7. The molecule has 1 atom stereocenters. The molecule has 3 nitrogen and oxygen atoms in total. The summed E-state index contributed by atoms with van der Waals surface area (Å²) in [7, 11) is 0. The Labute approximate surface area is 169 Å². The molecule has 0 aliphatic carbocycles. The molecule has 0 heterocycles. The van der Waals surface area contributed by atoms with Crippen LogP contribution in [0.4, 0.5) is 0 Å². The number of ether oxygens (including phenoxy) is 1. The van der Waals surface area contributed by atoms with Crippen molar-refractivity contribution < 1.29 is 9.53 Å². The first-order valence-electron chi connectivity index (χ1n) is 8.55. The molecule has 1 N–H and O–H groups in total. The molecule has 0 saturated carbocycles. The standard InChI is InChI=1S/C20H23Cl2NO2S/c1-3-16-6-4-5-7-19(16)25-14(2)20(24)23-10-11-26-13-15-8-9-17(21)18(22)12-15/h4-9,12,14H,3,10-11,13H2,1-2H3,(H,23,24). The van der Waals surface area contributed by atoms with Gasteiger partial charge < -0.3 is 10.1 Å². The van der Waals surface area contributed by atoms with Crippen LogP contribution in [0.3, 0.4) is 0 Å². The molecule has 0 spiro atoms. The fourth-order valence-electron chi connectivity index (χ4n) is 2.36. The van der Waals surface area contributed by atoms with Gasteiger partial charge in [-0.15, -0.1) is 0 Å². The Morgan fingerprint density at radius 2 is 1.96 bits per heavy atom. The molecule has 2 aromatic rings. The first kappa shape index (κ1) is 20.9. The molecular formula is C20H23Cl2NO2S. The van der Waals surface area contributed by atoms with Crippen LogP contribution in [0.25, 0.3) is 0 Å². The predicted molar refractivity (Wildman–Crippen MR) is 112 cm³/mol. The highest BCUT2D eigenvalue weighted by Gasteiger charge is 2.15. The van der Waals surface area contributed by atoms with E-state index in [1.807, 2.05) is 36.4 Å². The molecule has 1 amide bonds. The van der Waals surface area contributed by atoms with E-state index >= 15 is 0 Å². The monoisotopic (exact) mass is 411 g/mol. The number of hydrogen-bond donors (Lipinski definition) is 1. The van der Waals surface area contributed by atoms with E-state index in [1.165, 1.54) is 0 Å². The zero-order valence-electron chi connectivity index (χ0n) is 14.9. The zero-order chi connectivity index (χ0) is 18.9. The van der Waals surface area contributed by atoms with Gasteiger partial charge in [-0.3, -0.25) is 4.79 Å². The summed E-state index contributed by atoms with van der Waals surface area (Å²) in [5, 5.41) is 4.04. The second-order valence-corrected chi connectivity index (χ2v) is 7.73. The third kappa shape index (κ3) is 6.42. The summed E-state index contributed by atoms with van der Waals surface area (Å²) in [6.45, 7) is 4.43. The summed E-state index contributed by atoms with van der Waals surface area (Å²) in [5.41, 5.74) is 2.22. The topological polar surface area (TPSA) is 38.3 Å².